The van der Waals surface area contributed by atoms with E-state index in [1.165, 1.54) is 5.19 Å². The molecule has 0 atom stereocenters. The maximum absolute atomic E-state index is 5.83. The number of hydrogen-bond donors (Lipinski definition) is 0. The van der Waals surface area contributed by atoms with E-state index in [0.29, 0.717) is 10.0 Å². The Kier molecular flexibility index (Phi) is 2.80. The molecule has 0 aliphatic carbocycles. The molecule has 0 unspecified atom stereocenters. The Balaban J connectivity index is 3.34. The zero-order chi connectivity index (χ0) is 7.72. The van der Waals surface area contributed by atoms with Gasteiger partial charge in [0.1, 0.15) is 0 Å². The highest BCUT2D eigenvalue weighted by molar-refractivity contribution is 9.10. The molecular weight excluding hydrogens is 251 g/mol. The van der Waals surface area contributed by atoms with Crippen molar-refractivity contribution in [1.82, 2.24) is 0 Å². The van der Waals surface area contributed by atoms with E-state index in [-0.39, 0.29) is 0 Å². The molecule has 0 bridgehead atoms. The summed E-state index contributed by atoms with van der Waals surface area (Å²) in [5.41, 5.74) is 0. The smallest absolute Gasteiger partial charge is 0.0732 e. The van der Waals surface area contributed by atoms with Crippen LogP contribution in [0.5, 0.6) is 0 Å². The molecule has 0 aromatic heterocycles. The first-order valence-corrected chi connectivity index (χ1v) is 5.28. The van der Waals surface area contributed by atoms with Crippen molar-refractivity contribution in [2.24, 2.45) is 0 Å². The zero-order valence-electron chi connectivity index (χ0n) is 5.29. The molecule has 0 radical (unpaired) electrons. The van der Waals surface area contributed by atoms with Crippen LogP contribution in [-0.2, 0) is 0 Å². The van der Waals surface area contributed by atoms with Gasteiger partial charge in [-0.3, -0.25) is 0 Å². The van der Waals surface area contributed by atoms with Gasteiger partial charge in [-0.25, -0.2) is 0 Å². The number of benzene rings is 1. The van der Waals surface area contributed by atoms with Crippen LogP contribution in [0.1, 0.15) is 0 Å². The molecular formula is C6H5BrCl2Si. The first kappa shape index (κ1) is 8.59. The molecule has 0 aliphatic rings. The maximum Gasteiger partial charge on any atom is 0.0732 e. The van der Waals surface area contributed by atoms with Gasteiger partial charge in [0.15, 0.2) is 0 Å². The van der Waals surface area contributed by atoms with Gasteiger partial charge in [0.2, 0.25) is 0 Å². The van der Waals surface area contributed by atoms with Crippen LogP contribution in [0.4, 0.5) is 0 Å². The molecule has 10 heavy (non-hydrogen) atoms. The molecule has 0 fully saturated rings. The van der Waals surface area contributed by atoms with Crippen molar-refractivity contribution in [3.63, 3.8) is 0 Å². The summed E-state index contributed by atoms with van der Waals surface area (Å²) in [5, 5.41) is 2.46. The van der Waals surface area contributed by atoms with Crippen molar-refractivity contribution in [3.05, 3.63) is 26.7 Å². The van der Waals surface area contributed by atoms with Gasteiger partial charge in [-0.1, -0.05) is 34.5 Å². The Labute approximate surface area is 81.1 Å². The molecule has 0 aliphatic heterocycles. The van der Waals surface area contributed by atoms with Crippen LogP contribution in [0.15, 0.2) is 16.6 Å². The first-order chi connectivity index (χ1) is 4.63. The van der Waals surface area contributed by atoms with Gasteiger partial charge in [-0.2, -0.15) is 0 Å². The van der Waals surface area contributed by atoms with Crippen molar-refractivity contribution < 1.29 is 0 Å². The third-order valence-corrected chi connectivity index (χ3v) is 4.85. The minimum Gasteiger partial charge on any atom is -0.0827 e. The highest BCUT2D eigenvalue weighted by Crippen LogP contribution is 2.27. The fourth-order valence-electron chi connectivity index (χ4n) is 0.622. The molecule has 1 rings (SSSR count). The van der Waals surface area contributed by atoms with E-state index >= 15 is 0 Å². The Bertz CT molecular complexity index is 235. The average Bonchev–Trinajstić information content (AvgIpc) is 1.93. The van der Waals surface area contributed by atoms with Gasteiger partial charge in [-0.15, -0.1) is 0 Å². The third-order valence-electron chi connectivity index (χ3n) is 1.23. The van der Waals surface area contributed by atoms with Crippen molar-refractivity contribution in [1.29, 1.82) is 0 Å². The molecule has 0 nitrogen and oxygen atoms in total. The van der Waals surface area contributed by atoms with E-state index in [4.69, 9.17) is 23.2 Å². The third kappa shape index (κ3) is 1.56. The van der Waals surface area contributed by atoms with Crippen LogP contribution in [-0.4, -0.2) is 10.2 Å². The molecule has 54 valence electrons. The Morgan fingerprint density at radius 3 is 2.40 bits per heavy atom. The highest BCUT2D eigenvalue weighted by Gasteiger charge is 2.03. The lowest BCUT2D eigenvalue weighted by molar-refractivity contribution is 1.71. The summed E-state index contributed by atoms with van der Waals surface area (Å²) >= 11 is 14.9. The molecule has 4 heteroatoms. The second-order valence-corrected chi connectivity index (χ2v) is 4.65. The molecule has 1 aromatic carbocycles. The van der Waals surface area contributed by atoms with Crippen molar-refractivity contribution in [2.45, 2.75) is 0 Å². The van der Waals surface area contributed by atoms with Gasteiger partial charge in [0, 0.05) is 14.7 Å². The first-order valence-electron chi connectivity index (χ1n) is 2.73. The summed E-state index contributed by atoms with van der Waals surface area (Å²) in [4.78, 5) is 0. The van der Waals surface area contributed by atoms with E-state index in [2.05, 4.69) is 15.9 Å². The molecule has 0 saturated heterocycles. The van der Waals surface area contributed by atoms with Crippen LogP contribution in [0, 0.1) is 0 Å². The second-order valence-electron chi connectivity index (χ2n) is 1.99. The van der Waals surface area contributed by atoms with Crippen LogP contribution in [0.2, 0.25) is 10.0 Å². The number of hydrogen-bond acceptors (Lipinski definition) is 0. The summed E-state index contributed by atoms with van der Waals surface area (Å²) in [7, 11) is 0.983. The van der Waals surface area contributed by atoms with Crippen LogP contribution >= 0.6 is 39.1 Å². The van der Waals surface area contributed by atoms with Gasteiger partial charge in [0.05, 0.1) is 10.0 Å². The van der Waals surface area contributed by atoms with Crippen LogP contribution in [0.25, 0.3) is 0 Å². The van der Waals surface area contributed by atoms with E-state index in [0.717, 1.165) is 14.7 Å². The van der Waals surface area contributed by atoms with Gasteiger partial charge < -0.3 is 0 Å². The molecule has 0 spiro atoms. The van der Waals surface area contributed by atoms with E-state index < -0.39 is 0 Å². The predicted molar refractivity (Wildman–Crippen MR) is 53.7 cm³/mol. The lowest BCUT2D eigenvalue weighted by atomic mass is 10.4. The minimum absolute atomic E-state index is 0.605. The normalized spacial score (nSPS) is 10.3. The number of halogens is 3. The highest BCUT2D eigenvalue weighted by atomic mass is 79.9. The Morgan fingerprint density at radius 1 is 1.30 bits per heavy atom. The summed E-state index contributed by atoms with van der Waals surface area (Å²) < 4.78 is 0.938. The largest absolute Gasteiger partial charge is 0.0827 e. The van der Waals surface area contributed by atoms with Crippen LogP contribution < -0.4 is 5.19 Å². The molecule has 0 N–H and O–H groups in total. The molecule has 0 heterocycles. The number of rotatable bonds is 0. The second kappa shape index (κ2) is 3.26. The van der Waals surface area contributed by atoms with Crippen LogP contribution in [0.3, 0.4) is 0 Å². The van der Waals surface area contributed by atoms with E-state index in [1.54, 1.807) is 0 Å². The lowest BCUT2D eigenvalue weighted by Gasteiger charge is -2.00. The SMILES string of the molecule is [SiH3]c1ccc(Cl)c(Cl)c1Br. The fraction of sp³-hybridized carbons (Fsp3) is 0. The van der Waals surface area contributed by atoms with Crippen molar-refractivity contribution >= 4 is 54.6 Å². The molecule has 0 amide bonds. The average molecular weight is 256 g/mol. The van der Waals surface area contributed by atoms with Gasteiger partial charge >= 0.3 is 0 Å². The predicted octanol–water partition coefficient (Wildman–Crippen LogP) is 1.75. The lowest BCUT2D eigenvalue weighted by Crippen LogP contribution is -2.03. The Morgan fingerprint density at radius 2 is 1.90 bits per heavy atom. The quantitative estimate of drug-likeness (QED) is 0.490. The molecule has 0 saturated carbocycles. The molecule has 1 aromatic rings. The van der Waals surface area contributed by atoms with Gasteiger partial charge in [0.25, 0.3) is 0 Å². The van der Waals surface area contributed by atoms with E-state index in [1.807, 2.05) is 12.1 Å². The fourth-order valence-corrected chi connectivity index (χ4v) is 2.03. The summed E-state index contributed by atoms with van der Waals surface area (Å²) in [5.74, 6) is 0. The van der Waals surface area contributed by atoms with Crippen molar-refractivity contribution in [2.75, 3.05) is 0 Å². The zero-order valence-corrected chi connectivity index (χ0v) is 10.4. The summed E-state index contributed by atoms with van der Waals surface area (Å²) in [6.07, 6.45) is 0. The standard InChI is InChI=1S/C6H5BrCl2Si/c7-5-4(10)2-1-3(8)6(5)9/h1-2H,10H3. The Hall–Kier alpha value is 0.497. The minimum atomic E-state index is 0.605. The van der Waals surface area contributed by atoms with Crippen molar-refractivity contribution in [3.8, 4) is 0 Å². The summed E-state index contributed by atoms with van der Waals surface area (Å²) in [6, 6.07) is 3.79. The monoisotopic (exact) mass is 254 g/mol. The van der Waals surface area contributed by atoms with E-state index in [9.17, 15) is 0 Å². The topological polar surface area (TPSA) is 0 Å². The summed E-state index contributed by atoms with van der Waals surface area (Å²) in [6.45, 7) is 0. The maximum atomic E-state index is 5.83. The van der Waals surface area contributed by atoms with Gasteiger partial charge in [-0.05, 0) is 22.0 Å².